The summed E-state index contributed by atoms with van der Waals surface area (Å²) in [5.74, 6) is 1.74. The molecule has 1 aromatic heterocycles. The number of aromatic nitrogens is 2. The van der Waals surface area contributed by atoms with Crippen LogP contribution in [0.1, 0.15) is 11.1 Å². The number of ether oxygens (including phenoxy) is 2. The molecule has 0 fully saturated rings. The third kappa shape index (κ3) is 3.07. The van der Waals surface area contributed by atoms with Gasteiger partial charge >= 0.3 is 0 Å². The van der Waals surface area contributed by atoms with Crippen LogP contribution in [0.25, 0.3) is 28.2 Å². The Balaban J connectivity index is 1.79. The van der Waals surface area contributed by atoms with E-state index >= 15 is 0 Å². The van der Waals surface area contributed by atoms with E-state index in [-0.39, 0.29) is 0 Å². The summed E-state index contributed by atoms with van der Waals surface area (Å²) in [6.45, 7) is 2.73. The second-order valence-corrected chi connectivity index (χ2v) is 7.25. The van der Waals surface area contributed by atoms with E-state index in [1.54, 1.807) is 7.11 Å². The molecule has 144 valence electrons. The van der Waals surface area contributed by atoms with Crippen molar-refractivity contribution in [3.63, 3.8) is 0 Å². The zero-order valence-electron chi connectivity index (χ0n) is 16.6. The minimum atomic E-state index is 0.632. The SMILES string of the molecule is COc1ccc(-c2c3c(nn2-c2ccccc2)-c2cc(C)ccc2OCC3)cc1. The number of para-hydroxylation sites is 1. The van der Waals surface area contributed by atoms with Crippen LogP contribution < -0.4 is 9.47 Å². The van der Waals surface area contributed by atoms with Crippen LogP contribution in [0.2, 0.25) is 0 Å². The van der Waals surface area contributed by atoms with Gasteiger partial charge in [0.25, 0.3) is 0 Å². The first kappa shape index (κ1) is 17.6. The Hall–Kier alpha value is -3.53. The number of hydrogen-bond acceptors (Lipinski definition) is 3. The van der Waals surface area contributed by atoms with Crippen molar-refractivity contribution < 1.29 is 9.47 Å². The third-order valence-electron chi connectivity index (χ3n) is 5.35. The number of fused-ring (bicyclic) bond motifs is 3. The van der Waals surface area contributed by atoms with Crippen molar-refractivity contribution >= 4 is 0 Å². The second-order valence-electron chi connectivity index (χ2n) is 7.25. The molecule has 0 aliphatic carbocycles. The molecular formula is C25H22N2O2. The summed E-state index contributed by atoms with van der Waals surface area (Å²) in [6, 6.07) is 24.8. The van der Waals surface area contributed by atoms with E-state index in [0.717, 1.165) is 46.1 Å². The van der Waals surface area contributed by atoms with Gasteiger partial charge in [0.05, 0.1) is 25.1 Å². The van der Waals surface area contributed by atoms with E-state index in [0.29, 0.717) is 6.61 Å². The molecule has 0 saturated heterocycles. The number of methoxy groups -OCH3 is 1. The molecule has 0 unspecified atom stereocenters. The topological polar surface area (TPSA) is 36.3 Å². The fraction of sp³-hybridized carbons (Fsp3) is 0.160. The number of benzene rings is 3. The summed E-state index contributed by atoms with van der Waals surface area (Å²) in [5.41, 5.74) is 7.72. The van der Waals surface area contributed by atoms with Crippen molar-refractivity contribution in [2.24, 2.45) is 0 Å². The van der Waals surface area contributed by atoms with Crippen LogP contribution in [0, 0.1) is 6.92 Å². The van der Waals surface area contributed by atoms with Gasteiger partial charge in [0.15, 0.2) is 0 Å². The van der Waals surface area contributed by atoms with Crippen molar-refractivity contribution in [2.45, 2.75) is 13.3 Å². The zero-order chi connectivity index (χ0) is 19.8. The minimum Gasteiger partial charge on any atom is -0.497 e. The average Bonchev–Trinajstić information content (AvgIpc) is 3.05. The Labute approximate surface area is 170 Å². The summed E-state index contributed by atoms with van der Waals surface area (Å²) >= 11 is 0. The van der Waals surface area contributed by atoms with E-state index in [1.165, 1.54) is 11.1 Å². The van der Waals surface area contributed by atoms with E-state index < -0.39 is 0 Å². The van der Waals surface area contributed by atoms with E-state index in [4.69, 9.17) is 14.6 Å². The van der Waals surface area contributed by atoms with Crippen LogP contribution >= 0.6 is 0 Å². The van der Waals surface area contributed by atoms with Crippen molar-refractivity contribution in [2.75, 3.05) is 13.7 Å². The lowest BCUT2D eigenvalue weighted by atomic mass is 9.99. The standard InChI is InChI=1S/C25H22N2O2/c1-17-8-13-23-22(16-17)24-21(14-15-29-23)25(18-9-11-20(28-2)12-10-18)27(26-24)19-6-4-3-5-7-19/h3-13,16H,14-15H2,1-2H3. The van der Waals surface area contributed by atoms with E-state index in [1.807, 2.05) is 36.4 Å². The van der Waals surface area contributed by atoms with Gasteiger partial charge in [-0.1, -0.05) is 29.8 Å². The predicted molar refractivity (Wildman–Crippen MR) is 115 cm³/mol. The Bertz CT molecular complexity index is 1160. The molecule has 0 radical (unpaired) electrons. The summed E-state index contributed by atoms with van der Waals surface area (Å²) in [5, 5.41) is 5.09. The van der Waals surface area contributed by atoms with Crippen LogP contribution in [0.5, 0.6) is 11.5 Å². The van der Waals surface area contributed by atoms with Gasteiger partial charge in [-0.15, -0.1) is 0 Å². The second kappa shape index (κ2) is 7.13. The maximum Gasteiger partial charge on any atom is 0.128 e. The first-order valence-corrected chi connectivity index (χ1v) is 9.80. The summed E-state index contributed by atoms with van der Waals surface area (Å²) in [7, 11) is 1.69. The molecule has 0 spiro atoms. The molecule has 1 aliphatic heterocycles. The molecular weight excluding hydrogens is 360 g/mol. The molecule has 4 heteroatoms. The maximum absolute atomic E-state index is 6.05. The Morgan fingerprint density at radius 3 is 2.52 bits per heavy atom. The van der Waals surface area contributed by atoms with Crippen molar-refractivity contribution in [3.05, 3.63) is 83.9 Å². The van der Waals surface area contributed by atoms with Crippen LogP contribution in [0.15, 0.2) is 72.8 Å². The third-order valence-corrected chi connectivity index (χ3v) is 5.35. The summed E-state index contributed by atoms with van der Waals surface area (Å²) in [4.78, 5) is 0. The van der Waals surface area contributed by atoms with Gasteiger partial charge in [0.2, 0.25) is 0 Å². The number of nitrogens with zero attached hydrogens (tertiary/aromatic N) is 2. The lowest BCUT2D eigenvalue weighted by Crippen LogP contribution is -2.03. The molecule has 0 amide bonds. The fourth-order valence-electron chi connectivity index (χ4n) is 3.92. The van der Waals surface area contributed by atoms with Gasteiger partial charge < -0.3 is 9.47 Å². The zero-order valence-corrected chi connectivity index (χ0v) is 16.6. The normalized spacial score (nSPS) is 12.5. The largest absolute Gasteiger partial charge is 0.497 e. The summed E-state index contributed by atoms with van der Waals surface area (Å²) in [6.07, 6.45) is 0.803. The van der Waals surface area contributed by atoms with Crippen molar-refractivity contribution in [1.82, 2.24) is 9.78 Å². The molecule has 2 heterocycles. The molecule has 0 atom stereocenters. The van der Waals surface area contributed by atoms with Crippen molar-refractivity contribution in [3.8, 4) is 39.7 Å². The number of hydrogen-bond donors (Lipinski definition) is 0. The molecule has 0 N–H and O–H groups in total. The van der Waals surface area contributed by atoms with Crippen LogP contribution in [-0.4, -0.2) is 23.5 Å². The molecule has 4 nitrogen and oxygen atoms in total. The molecule has 3 aromatic carbocycles. The molecule has 29 heavy (non-hydrogen) atoms. The Morgan fingerprint density at radius 1 is 0.966 bits per heavy atom. The van der Waals surface area contributed by atoms with Crippen LogP contribution in [-0.2, 0) is 6.42 Å². The molecule has 4 aromatic rings. The Kier molecular flexibility index (Phi) is 4.32. The van der Waals surface area contributed by atoms with E-state index in [9.17, 15) is 0 Å². The van der Waals surface area contributed by atoms with Crippen LogP contribution in [0.3, 0.4) is 0 Å². The van der Waals surface area contributed by atoms with Gasteiger partial charge in [-0.2, -0.15) is 5.10 Å². The predicted octanol–water partition coefficient (Wildman–Crippen LogP) is 5.46. The molecule has 0 bridgehead atoms. The number of rotatable bonds is 3. The van der Waals surface area contributed by atoms with Crippen LogP contribution in [0.4, 0.5) is 0 Å². The monoisotopic (exact) mass is 382 g/mol. The highest BCUT2D eigenvalue weighted by Gasteiger charge is 2.25. The van der Waals surface area contributed by atoms with Gasteiger partial charge in [-0.25, -0.2) is 4.68 Å². The molecule has 5 rings (SSSR count). The quantitative estimate of drug-likeness (QED) is 0.472. The van der Waals surface area contributed by atoms with Gasteiger partial charge in [0.1, 0.15) is 17.2 Å². The highest BCUT2D eigenvalue weighted by molar-refractivity contribution is 5.80. The van der Waals surface area contributed by atoms with E-state index in [2.05, 4.69) is 48.0 Å². The average molecular weight is 382 g/mol. The van der Waals surface area contributed by atoms with Gasteiger partial charge in [-0.05, 0) is 55.5 Å². The number of aryl methyl sites for hydroxylation is 1. The molecule has 1 aliphatic rings. The fourth-order valence-corrected chi connectivity index (χ4v) is 3.92. The molecule has 0 saturated carbocycles. The highest BCUT2D eigenvalue weighted by Crippen LogP contribution is 2.40. The van der Waals surface area contributed by atoms with Gasteiger partial charge in [-0.3, -0.25) is 0 Å². The highest BCUT2D eigenvalue weighted by atomic mass is 16.5. The van der Waals surface area contributed by atoms with Crippen molar-refractivity contribution in [1.29, 1.82) is 0 Å². The smallest absolute Gasteiger partial charge is 0.128 e. The maximum atomic E-state index is 6.05. The minimum absolute atomic E-state index is 0.632. The first-order chi connectivity index (χ1) is 14.2. The lowest BCUT2D eigenvalue weighted by Gasteiger charge is -2.11. The van der Waals surface area contributed by atoms with Gasteiger partial charge in [0, 0.05) is 23.1 Å². The Morgan fingerprint density at radius 2 is 1.76 bits per heavy atom. The lowest BCUT2D eigenvalue weighted by molar-refractivity contribution is 0.326. The summed E-state index contributed by atoms with van der Waals surface area (Å²) < 4.78 is 13.5. The first-order valence-electron chi connectivity index (χ1n) is 9.80.